The molecule has 0 rings (SSSR count). The summed E-state index contributed by atoms with van der Waals surface area (Å²) in [5, 5.41) is 2.62. The third kappa shape index (κ3) is 5.97. The van der Waals surface area contributed by atoms with Crippen molar-refractivity contribution in [3.8, 4) is 0 Å². The molecule has 0 spiro atoms. The fourth-order valence-electron chi connectivity index (χ4n) is 1.66. The van der Waals surface area contributed by atoms with Gasteiger partial charge in [0.05, 0.1) is 6.67 Å². The Labute approximate surface area is 87.4 Å². The fraction of sp³-hybridized carbons (Fsp3) is 0.909. The Kier molecular flexibility index (Phi) is 5.77. The second kappa shape index (κ2) is 6.02. The van der Waals surface area contributed by atoms with E-state index in [4.69, 9.17) is 5.73 Å². The molecule has 1 amide bonds. The van der Waals surface area contributed by atoms with Crippen LogP contribution in [0.1, 0.15) is 47.0 Å². The maximum Gasteiger partial charge on any atom is 0.221 e. The number of rotatable bonds is 6. The quantitative estimate of drug-likeness (QED) is 0.643. The lowest BCUT2D eigenvalue weighted by molar-refractivity contribution is -0.122. The summed E-state index contributed by atoms with van der Waals surface area (Å²) >= 11 is 0. The van der Waals surface area contributed by atoms with Crippen LogP contribution in [0, 0.1) is 11.3 Å². The van der Waals surface area contributed by atoms with Crippen molar-refractivity contribution in [2.75, 3.05) is 6.67 Å². The molecule has 0 aromatic carbocycles. The van der Waals surface area contributed by atoms with E-state index in [1.807, 2.05) is 0 Å². The van der Waals surface area contributed by atoms with E-state index in [2.05, 4.69) is 33.0 Å². The molecular formula is C11H24N2O. The van der Waals surface area contributed by atoms with Crippen LogP contribution in [0.4, 0.5) is 0 Å². The summed E-state index contributed by atoms with van der Waals surface area (Å²) in [7, 11) is 0. The second-order valence-electron chi connectivity index (χ2n) is 4.84. The number of nitrogens with two attached hydrogens (primary N) is 1. The normalized spacial score (nSPS) is 13.8. The van der Waals surface area contributed by atoms with Gasteiger partial charge in [-0.15, -0.1) is 0 Å². The standard InChI is InChI=1S/C11H24N2O/c1-5-11(3,4)7-9(2)6-10(14)13-8-12/h9H,5-8,12H2,1-4H3,(H,13,14). The largest absolute Gasteiger partial charge is 0.344 e. The van der Waals surface area contributed by atoms with Crippen LogP contribution in [-0.2, 0) is 4.79 Å². The summed E-state index contributed by atoms with van der Waals surface area (Å²) in [5.41, 5.74) is 5.56. The highest BCUT2D eigenvalue weighted by Crippen LogP contribution is 2.29. The van der Waals surface area contributed by atoms with Crippen molar-refractivity contribution < 1.29 is 4.79 Å². The number of hydrogen-bond donors (Lipinski definition) is 2. The highest BCUT2D eigenvalue weighted by atomic mass is 16.1. The van der Waals surface area contributed by atoms with Crippen LogP contribution >= 0.6 is 0 Å². The summed E-state index contributed by atoms with van der Waals surface area (Å²) in [5.74, 6) is 0.489. The molecule has 1 unspecified atom stereocenters. The molecule has 0 aliphatic rings. The summed E-state index contributed by atoms with van der Waals surface area (Å²) in [4.78, 5) is 11.2. The number of carbonyl (C=O) groups excluding carboxylic acids is 1. The third-order valence-electron chi connectivity index (χ3n) is 2.69. The van der Waals surface area contributed by atoms with Crippen molar-refractivity contribution in [3.05, 3.63) is 0 Å². The van der Waals surface area contributed by atoms with Gasteiger partial charge in [0.2, 0.25) is 5.91 Å². The van der Waals surface area contributed by atoms with E-state index in [0.717, 1.165) is 12.8 Å². The third-order valence-corrected chi connectivity index (χ3v) is 2.69. The smallest absolute Gasteiger partial charge is 0.221 e. The van der Waals surface area contributed by atoms with Gasteiger partial charge in [0.15, 0.2) is 0 Å². The number of carbonyl (C=O) groups is 1. The van der Waals surface area contributed by atoms with Gasteiger partial charge in [-0.25, -0.2) is 0 Å². The first kappa shape index (κ1) is 13.4. The van der Waals surface area contributed by atoms with E-state index >= 15 is 0 Å². The van der Waals surface area contributed by atoms with E-state index in [-0.39, 0.29) is 12.6 Å². The average Bonchev–Trinajstić information content (AvgIpc) is 2.03. The number of hydrogen-bond acceptors (Lipinski definition) is 2. The molecule has 84 valence electrons. The van der Waals surface area contributed by atoms with E-state index < -0.39 is 0 Å². The molecule has 3 N–H and O–H groups in total. The van der Waals surface area contributed by atoms with E-state index in [1.54, 1.807) is 0 Å². The van der Waals surface area contributed by atoms with Gasteiger partial charge >= 0.3 is 0 Å². The zero-order valence-corrected chi connectivity index (χ0v) is 9.89. The van der Waals surface area contributed by atoms with Crippen LogP contribution in [0.5, 0.6) is 0 Å². The lowest BCUT2D eigenvalue weighted by Gasteiger charge is -2.26. The maximum absolute atomic E-state index is 11.2. The molecule has 0 saturated carbocycles. The molecule has 0 aliphatic heterocycles. The number of nitrogens with one attached hydrogen (secondary N) is 1. The molecule has 3 heteroatoms. The number of amides is 1. The minimum atomic E-state index is 0.0619. The molecule has 1 atom stereocenters. The van der Waals surface area contributed by atoms with Gasteiger partial charge in [-0.2, -0.15) is 0 Å². The van der Waals surface area contributed by atoms with Gasteiger partial charge in [0.1, 0.15) is 0 Å². The Balaban J connectivity index is 3.86. The molecule has 0 bridgehead atoms. The molecule has 14 heavy (non-hydrogen) atoms. The van der Waals surface area contributed by atoms with Gasteiger partial charge in [-0.05, 0) is 17.8 Å². The maximum atomic E-state index is 11.2. The molecule has 0 radical (unpaired) electrons. The predicted molar refractivity (Wildman–Crippen MR) is 59.7 cm³/mol. The van der Waals surface area contributed by atoms with Crippen molar-refractivity contribution in [2.45, 2.75) is 47.0 Å². The zero-order valence-electron chi connectivity index (χ0n) is 9.89. The Hall–Kier alpha value is -0.570. The molecular weight excluding hydrogens is 176 g/mol. The predicted octanol–water partition coefficient (Wildman–Crippen LogP) is 1.87. The average molecular weight is 200 g/mol. The molecule has 0 aliphatic carbocycles. The fourth-order valence-corrected chi connectivity index (χ4v) is 1.66. The van der Waals surface area contributed by atoms with Crippen LogP contribution < -0.4 is 11.1 Å². The molecule has 0 saturated heterocycles. The first-order valence-electron chi connectivity index (χ1n) is 5.38. The highest BCUT2D eigenvalue weighted by Gasteiger charge is 2.20. The first-order valence-corrected chi connectivity index (χ1v) is 5.38. The lowest BCUT2D eigenvalue weighted by Crippen LogP contribution is -2.31. The Morgan fingerprint density at radius 2 is 2.07 bits per heavy atom. The summed E-state index contributed by atoms with van der Waals surface area (Å²) < 4.78 is 0. The SMILES string of the molecule is CCC(C)(C)CC(C)CC(=O)NCN. The monoisotopic (exact) mass is 200 g/mol. The van der Waals surface area contributed by atoms with Gasteiger partial charge in [-0.3, -0.25) is 4.79 Å². The van der Waals surface area contributed by atoms with Gasteiger partial charge in [0, 0.05) is 6.42 Å². The van der Waals surface area contributed by atoms with Crippen molar-refractivity contribution in [3.63, 3.8) is 0 Å². The summed E-state index contributed by atoms with van der Waals surface area (Å²) in [6.07, 6.45) is 2.82. The van der Waals surface area contributed by atoms with Crippen LogP contribution in [0.15, 0.2) is 0 Å². The second-order valence-corrected chi connectivity index (χ2v) is 4.84. The summed E-state index contributed by atoms with van der Waals surface area (Å²) in [6, 6.07) is 0. The minimum absolute atomic E-state index is 0.0619. The molecule has 0 aromatic rings. The van der Waals surface area contributed by atoms with E-state index in [0.29, 0.717) is 17.8 Å². The van der Waals surface area contributed by atoms with Crippen molar-refractivity contribution in [1.29, 1.82) is 0 Å². The van der Waals surface area contributed by atoms with Gasteiger partial charge in [0.25, 0.3) is 0 Å². The first-order chi connectivity index (χ1) is 6.41. The molecule has 0 aromatic heterocycles. The summed E-state index contributed by atoms with van der Waals surface area (Å²) in [6.45, 7) is 9.03. The van der Waals surface area contributed by atoms with Crippen molar-refractivity contribution in [1.82, 2.24) is 5.32 Å². The highest BCUT2D eigenvalue weighted by molar-refractivity contribution is 5.75. The van der Waals surface area contributed by atoms with Crippen molar-refractivity contribution in [2.24, 2.45) is 17.1 Å². The zero-order chi connectivity index (χ0) is 11.2. The Morgan fingerprint density at radius 1 is 1.50 bits per heavy atom. The van der Waals surface area contributed by atoms with E-state index in [1.165, 1.54) is 0 Å². The topological polar surface area (TPSA) is 55.1 Å². The van der Waals surface area contributed by atoms with Gasteiger partial charge in [-0.1, -0.05) is 34.1 Å². The van der Waals surface area contributed by atoms with Crippen LogP contribution in [0.25, 0.3) is 0 Å². The van der Waals surface area contributed by atoms with E-state index in [9.17, 15) is 4.79 Å². The lowest BCUT2D eigenvalue weighted by atomic mass is 9.80. The van der Waals surface area contributed by atoms with Crippen molar-refractivity contribution >= 4 is 5.91 Å². The Bertz CT molecular complexity index is 178. The minimum Gasteiger partial charge on any atom is -0.344 e. The van der Waals surface area contributed by atoms with Gasteiger partial charge < -0.3 is 11.1 Å². The molecule has 3 nitrogen and oxygen atoms in total. The molecule has 0 heterocycles. The van der Waals surface area contributed by atoms with Crippen LogP contribution in [-0.4, -0.2) is 12.6 Å². The molecule has 0 fully saturated rings. The van der Waals surface area contributed by atoms with Crippen LogP contribution in [0.3, 0.4) is 0 Å². The van der Waals surface area contributed by atoms with Crippen LogP contribution in [0.2, 0.25) is 0 Å². The Morgan fingerprint density at radius 3 is 2.50 bits per heavy atom.